The predicted molar refractivity (Wildman–Crippen MR) is 85.4 cm³/mol. The van der Waals surface area contributed by atoms with E-state index < -0.39 is 5.91 Å². The van der Waals surface area contributed by atoms with Crippen molar-refractivity contribution in [1.82, 2.24) is 25.1 Å². The third-order valence-electron chi connectivity index (χ3n) is 3.97. The van der Waals surface area contributed by atoms with Crippen molar-refractivity contribution in [3.05, 3.63) is 36.0 Å². The molecule has 1 fully saturated rings. The van der Waals surface area contributed by atoms with Gasteiger partial charge in [-0.05, 0) is 36.6 Å². The van der Waals surface area contributed by atoms with Crippen LogP contribution in [0.5, 0.6) is 6.01 Å². The van der Waals surface area contributed by atoms with Crippen LogP contribution in [0, 0.1) is 0 Å². The van der Waals surface area contributed by atoms with Gasteiger partial charge < -0.3 is 15.9 Å². The lowest BCUT2D eigenvalue weighted by Gasteiger charge is -2.27. The second-order valence-corrected chi connectivity index (χ2v) is 5.59. The highest BCUT2D eigenvalue weighted by Gasteiger charge is 2.21. The molecule has 0 unspecified atom stereocenters. The van der Waals surface area contributed by atoms with E-state index in [9.17, 15) is 4.79 Å². The van der Waals surface area contributed by atoms with Crippen LogP contribution in [-0.4, -0.2) is 37.1 Å². The Labute approximate surface area is 136 Å². The number of hydrogen-bond donors (Lipinski definition) is 2. The largest absolute Gasteiger partial charge is 0.366 e. The number of hydrogen-bond acceptors (Lipinski definition) is 7. The van der Waals surface area contributed by atoms with Gasteiger partial charge in [0.25, 0.3) is 5.91 Å². The first kappa shape index (κ1) is 14.4. The second kappa shape index (κ2) is 5.76. The summed E-state index contributed by atoms with van der Waals surface area (Å²) in [4.78, 5) is 26.6. The second-order valence-electron chi connectivity index (χ2n) is 5.59. The first-order chi connectivity index (χ1) is 11.7. The van der Waals surface area contributed by atoms with Crippen LogP contribution < -0.4 is 15.9 Å². The molecule has 1 aliphatic rings. The SMILES string of the molecule is NC(=O)c1cnc(On2nnc3ccccc32)nc1NC1CCC1. The molecule has 1 aromatic carbocycles. The number of nitrogens with zero attached hydrogens (tertiary/aromatic N) is 5. The number of nitrogens with two attached hydrogens (primary N) is 1. The monoisotopic (exact) mass is 325 g/mol. The van der Waals surface area contributed by atoms with E-state index >= 15 is 0 Å². The molecular formula is C15H15N7O2. The number of anilines is 1. The Kier molecular flexibility index (Phi) is 3.45. The molecule has 0 aliphatic heterocycles. The van der Waals surface area contributed by atoms with Crippen molar-refractivity contribution >= 4 is 22.8 Å². The van der Waals surface area contributed by atoms with Crippen LogP contribution in [0.1, 0.15) is 29.6 Å². The van der Waals surface area contributed by atoms with E-state index in [0.717, 1.165) is 19.3 Å². The fraction of sp³-hybridized carbons (Fsp3) is 0.267. The van der Waals surface area contributed by atoms with E-state index in [-0.39, 0.29) is 17.6 Å². The summed E-state index contributed by atoms with van der Waals surface area (Å²) < 4.78 is 0. The number of para-hydroxylation sites is 1. The van der Waals surface area contributed by atoms with Crippen molar-refractivity contribution in [3.8, 4) is 6.01 Å². The molecule has 9 heteroatoms. The van der Waals surface area contributed by atoms with Gasteiger partial charge in [0.2, 0.25) is 0 Å². The summed E-state index contributed by atoms with van der Waals surface area (Å²) in [6.45, 7) is 0. The summed E-state index contributed by atoms with van der Waals surface area (Å²) in [5.41, 5.74) is 7.00. The van der Waals surface area contributed by atoms with Gasteiger partial charge in [0.1, 0.15) is 22.4 Å². The normalized spacial score (nSPS) is 14.3. The Balaban J connectivity index is 1.65. The van der Waals surface area contributed by atoms with Crippen molar-refractivity contribution in [2.24, 2.45) is 5.73 Å². The quantitative estimate of drug-likeness (QED) is 0.721. The predicted octanol–water partition coefficient (Wildman–Crippen LogP) is 1.13. The minimum absolute atomic E-state index is 0.0532. The maximum Gasteiger partial charge on any atom is 0.347 e. The average Bonchev–Trinajstić information content (AvgIpc) is 2.94. The van der Waals surface area contributed by atoms with Crippen LogP contribution in [0.3, 0.4) is 0 Å². The van der Waals surface area contributed by atoms with Crippen molar-refractivity contribution < 1.29 is 9.63 Å². The molecule has 0 spiro atoms. The highest BCUT2D eigenvalue weighted by molar-refractivity contribution is 5.97. The molecule has 3 N–H and O–H groups in total. The molecular weight excluding hydrogens is 310 g/mol. The van der Waals surface area contributed by atoms with Crippen LogP contribution in [0.4, 0.5) is 5.82 Å². The van der Waals surface area contributed by atoms with Crippen LogP contribution >= 0.6 is 0 Å². The van der Waals surface area contributed by atoms with E-state index in [1.54, 1.807) is 0 Å². The van der Waals surface area contributed by atoms with E-state index in [1.165, 1.54) is 11.0 Å². The molecule has 1 saturated carbocycles. The highest BCUT2D eigenvalue weighted by atomic mass is 16.7. The van der Waals surface area contributed by atoms with Gasteiger partial charge in [0.05, 0.1) is 0 Å². The maximum atomic E-state index is 11.5. The molecule has 4 rings (SSSR count). The average molecular weight is 325 g/mol. The van der Waals surface area contributed by atoms with Gasteiger partial charge in [-0.2, -0.15) is 4.98 Å². The third-order valence-corrected chi connectivity index (χ3v) is 3.97. The van der Waals surface area contributed by atoms with Crippen molar-refractivity contribution in [1.29, 1.82) is 0 Å². The van der Waals surface area contributed by atoms with Gasteiger partial charge in [-0.25, -0.2) is 4.98 Å². The number of benzene rings is 1. The Morgan fingerprint density at radius 3 is 2.92 bits per heavy atom. The lowest BCUT2D eigenvalue weighted by atomic mass is 9.93. The number of amides is 1. The molecule has 3 aromatic rings. The molecule has 0 atom stereocenters. The zero-order valence-electron chi connectivity index (χ0n) is 12.7. The molecule has 0 bridgehead atoms. The third kappa shape index (κ3) is 2.60. The minimum atomic E-state index is -0.588. The Morgan fingerprint density at radius 1 is 1.33 bits per heavy atom. The summed E-state index contributed by atoms with van der Waals surface area (Å²) in [6, 6.07) is 7.70. The molecule has 1 amide bonds. The molecule has 2 heterocycles. The maximum absolute atomic E-state index is 11.5. The van der Waals surface area contributed by atoms with Gasteiger partial charge in [-0.1, -0.05) is 17.0 Å². The Hall–Kier alpha value is -3.23. The van der Waals surface area contributed by atoms with Crippen molar-refractivity contribution in [2.45, 2.75) is 25.3 Å². The fourth-order valence-electron chi connectivity index (χ4n) is 2.44. The zero-order valence-corrected chi connectivity index (χ0v) is 12.7. The minimum Gasteiger partial charge on any atom is -0.366 e. The molecule has 122 valence electrons. The summed E-state index contributed by atoms with van der Waals surface area (Å²) in [6.07, 6.45) is 4.58. The number of carbonyl (C=O) groups excluding carboxylic acids is 1. The zero-order chi connectivity index (χ0) is 16.5. The van der Waals surface area contributed by atoms with Crippen LogP contribution in [0.15, 0.2) is 30.5 Å². The summed E-state index contributed by atoms with van der Waals surface area (Å²) in [5, 5.41) is 11.1. The van der Waals surface area contributed by atoms with E-state index in [2.05, 4.69) is 25.6 Å². The molecule has 0 radical (unpaired) electrons. The van der Waals surface area contributed by atoms with Gasteiger partial charge >= 0.3 is 6.01 Å². The fourth-order valence-corrected chi connectivity index (χ4v) is 2.44. The number of aromatic nitrogens is 5. The van der Waals surface area contributed by atoms with Crippen LogP contribution in [-0.2, 0) is 0 Å². The summed E-state index contributed by atoms with van der Waals surface area (Å²) >= 11 is 0. The van der Waals surface area contributed by atoms with E-state index in [4.69, 9.17) is 10.6 Å². The van der Waals surface area contributed by atoms with Gasteiger partial charge in [-0.15, -0.1) is 5.10 Å². The molecule has 2 aromatic heterocycles. The smallest absolute Gasteiger partial charge is 0.347 e. The number of rotatable bonds is 5. The van der Waals surface area contributed by atoms with Crippen LogP contribution in [0.2, 0.25) is 0 Å². The first-order valence-electron chi connectivity index (χ1n) is 7.63. The molecule has 9 nitrogen and oxygen atoms in total. The van der Waals surface area contributed by atoms with Gasteiger partial charge in [0, 0.05) is 12.2 Å². The van der Waals surface area contributed by atoms with Crippen molar-refractivity contribution in [3.63, 3.8) is 0 Å². The lowest BCUT2D eigenvalue weighted by molar-refractivity contribution is 0.1000. The summed E-state index contributed by atoms with van der Waals surface area (Å²) in [5.74, 6) is -0.212. The van der Waals surface area contributed by atoms with Crippen molar-refractivity contribution in [2.75, 3.05) is 5.32 Å². The number of carbonyl (C=O) groups is 1. The topological polar surface area (TPSA) is 121 Å². The Bertz CT molecular complexity index is 904. The molecule has 1 aliphatic carbocycles. The molecule has 24 heavy (non-hydrogen) atoms. The van der Waals surface area contributed by atoms with Crippen LogP contribution in [0.25, 0.3) is 11.0 Å². The lowest BCUT2D eigenvalue weighted by Crippen LogP contribution is -2.29. The number of fused-ring (bicyclic) bond motifs is 1. The number of nitrogens with one attached hydrogen (secondary N) is 1. The number of primary amides is 1. The van der Waals surface area contributed by atoms with E-state index in [0.29, 0.717) is 16.9 Å². The van der Waals surface area contributed by atoms with Gasteiger partial charge in [-0.3, -0.25) is 4.79 Å². The first-order valence-corrected chi connectivity index (χ1v) is 7.63. The molecule has 0 saturated heterocycles. The summed E-state index contributed by atoms with van der Waals surface area (Å²) in [7, 11) is 0. The standard InChI is InChI=1S/C15H15N7O2/c16-13(23)10-8-17-15(19-14(10)18-9-4-3-5-9)24-22-12-7-2-1-6-11(12)20-21-22/h1-2,6-9H,3-5H2,(H2,16,23)(H,17,18,19). The van der Waals surface area contributed by atoms with E-state index in [1.807, 2.05) is 24.3 Å². The van der Waals surface area contributed by atoms with Gasteiger partial charge in [0.15, 0.2) is 0 Å². The highest BCUT2D eigenvalue weighted by Crippen LogP contribution is 2.25. The Morgan fingerprint density at radius 2 is 2.17 bits per heavy atom.